The number of hydrogen-bond acceptors (Lipinski definition) is 4. The molecule has 2 aromatic carbocycles. The smallest absolute Gasteiger partial charge is 0.265 e. The number of nitrogens with one attached hydrogen (secondary N) is 2. The number of rotatable bonds is 3. The monoisotopic (exact) mass is 326 g/mol. The van der Waals surface area contributed by atoms with Crippen molar-refractivity contribution in [3.05, 3.63) is 47.5 Å². The summed E-state index contributed by atoms with van der Waals surface area (Å²) in [5.74, 6) is 0.577. The zero-order valence-corrected chi connectivity index (χ0v) is 13.7. The predicted molar refractivity (Wildman–Crippen MR) is 90.8 cm³/mol. The Hall–Kier alpha value is -3.02. The number of aryl methyl sites for hydroxylation is 1. The van der Waals surface area contributed by atoms with E-state index in [-0.39, 0.29) is 11.8 Å². The van der Waals surface area contributed by atoms with Gasteiger partial charge in [0.25, 0.3) is 11.8 Å². The first kappa shape index (κ1) is 15.9. The minimum atomic E-state index is -0.533. The summed E-state index contributed by atoms with van der Waals surface area (Å²) in [6.07, 6.45) is -0.533. The van der Waals surface area contributed by atoms with E-state index >= 15 is 0 Å². The number of amides is 2. The van der Waals surface area contributed by atoms with Crippen molar-refractivity contribution >= 4 is 23.2 Å². The minimum Gasteiger partial charge on any atom is -0.496 e. The number of fused-ring (bicyclic) bond motifs is 1. The first-order valence-corrected chi connectivity index (χ1v) is 7.55. The first-order chi connectivity index (χ1) is 11.5. The van der Waals surface area contributed by atoms with Crippen LogP contribution in [0, 0.1) is 6.92 Å². The molecule has 0 bridgehead atoms. The zero-order chi connectivity index (χ0) is 17.3. The molecule has 1 aliphatic heterocycles. The average molecular weight is 326 g/mol. The molecule has 124 valence electrons. The first-order valence-electron chi connectivity index (χ1n) is 7.55. The van der Waals surface area contributed by atoms with Crippen molar-refractivity contribution in [1.82, 2.24) is 0 Å². The number of carbonyl (C=O) groups excluding carboxylic acids is 2. The van der Waals surface area contributed by atoms with Crippen LogP contribution in [0.3, 0.4) is 0 Å². The normalized spacial score (nSPS) is 15.8. The summed E-state index contributed by atoms with van der Waals surface area (Å²) in [5.41, 5.74) is 2.50. The Morgan fingerprint density at radius 1 is 1.25 bits per heavy atom. The number of benzene rings is 2. The third-order valence-electron chi connectivity index (χ3n) is 3.77. The lowest BCUT2D eigenvalue weighted by Gasteiger charge is -2.23. The average Bonchev–Trinajstić information content (AvgIpc) is 2.56. The highest BCUT2D eigenvalue weighted by Crippen LogP contribution is 2.32. The standard InChI is InChI=1S/C18H18N2O4/c1-10-4-6-15(23-3)13(8-10)18(22)19-12-5-7-16-14(9-12)20-17(21)11(2)24-16/h4-9,11H,1-3H3,(H,19,22)(H,20,21)/t11-/m0/s1. The maximum atomic E-state index is 12.5. The molecule has 1 heterocycles. The van der Waals surface area contributed by atoms with E-state index in [1.54, 1.807) is 37.3 Å². The van der Waals surface area contributed by atoms with E-state index in [9.17, 15) is 9.59 Å². The van der Waals surface area contributed by atoms with Crippen LogP contribution in [0.2, 0.25) is 0 Å². The third-order valence-corrected chi connectivity index (χ3v) is 3.77. The Morgan fingerprint density at radius 2 is 2.04 bits per heavy atom. The van der Waals surface area contributed by atoms with E-state index in [1.165, 1.54) is 7.11 Å². The van der Waals surface area contributed by atoms with Crippen molar-refractivity contribution in [1.29, 1.82) is 0 Å². The Labute approximate surface area is 139 Å². The van der Waals surface area contributed by atoms with E-state index in [2.05, 4.69) is 10.6 Å². The number of ether oxygens (including phenoxy) is 2. The molecule has 0 spiro atoms. The number of methoxy groups -OCH3 is 1. The molecular weight excluding hydrogens is 308 g/mol. The SMILES string of the molecule is COc1ccc(C)cc1C(=O)Nc1ccc2c(c1)NC(=O)[C@H](C)O2. The molecular formula is C18H18N2O4. The van der Waals surface area contributed by atoms with Crippen molar-refractivity contribution < 1.29 is 19.1 Å². The second-order valence-electron chi connectivity index (χ2n) is 5.62. The Morgan fingerprint density at radius 3 is 2.79 bits per heavy atom. The summed E-state index contributed by atoms with van der Waals surface area (Å²) in [6, 6.07) is 10.5. The Bertz CT molecular complexity index is 817. The lowest BCUT2D eigenvalue weighted by molar-refractivity contribution is -0.122. The fourth-order valence-corrected chi connectivity index (χ4v) is 2.48. The second kappa shape index (κ2) is 6.23. The number of carbonyl (C=O) groups is 2. The van der Waals surface area contributed by atoms with E-state index in [0.717, 1.165) is 5.56 Å². The van der Waals surface area contributed by atoms with E-state index in [0.29, 0.717) is 28.4 Å². The molecule has 2 amide bonds. The van der Waals surface area contributed by atoms with Crippen LogP contribution in [0.1, 0.15) is 22.8 Å². The van der Waals surface area contributed by atoms with Crippen molar-refractivity contribution in [3.63, 3.8) is 0 Å². The van der Waals surface area contributed by atoms with Crippen LogP contribution in [0.25, 0.3) is 0 Å². The highest BCUT2D eigenvalue weighted by molar-refractivity contribution is 6.07. The molecule has 0 aromatic heterocycles. The summed E-state index contributed by atoms with van der Waals surface area (Å²) in [7, 11) is 1.52. The van der Waals surface area contributed by atoms with E-state index in [1.807, 2.05) is 13.0 Å². The van der Waals surface area contributed by atoms with Gasteiger partial charge in [-0.05, 0) is 44.2 Å². The van der Waals surface area contributed by atoms with Gasteiger partial charge in [-0.2, -0.15) is 0 Å². The van der Waals surface area contributed by atoms with Gasteiger partial charge in [-0.15, -0.1) is 0 Å². The van der Waals surface area contributed by atoms with Gasteiger partial charge in [0.1, 0.15) is 11.5 Å². The highest BCUT2D eigenvalue weighted by Gasteiger charge is 2.24. The Balaban J connectivity index is 1.84. The lowest BCUT2D eigenvalue weighted by Crippen LogP contribution is -2.34. The summed E-state index contributed by atoms with van der Waals surface area (Å²) >= 11 is 0. The van der Waals surface area contributed by atoms with Crippen LogP contribution in [-0.2, 0) is 4.79 Å². The molecule has 24 heavy (non-hydrogen) atoms. The molecule has 0 saturated heterocycles. The van der Waals surface area contributed by atoms with Crippen LogP contribution in [0.5, 0.6) is 11.5 Å². The molecule has 0 fully saturated rings. The Kier molecular flexibility index (Phi) is 4.12. The predicted octanol–water partition coefficient (Wildman–Crippen LogP) is 2.98. The maximum Gasteiger partial charge on any atom is 0.265 e. The van der Waals surface area contributed by atoms with Gasteiger partial charge in [-0.3, -0.25) is 9.59 Å². The summed E-state index contributed by atoms with van der Waals surface area (Å²) in [5, 5.41) is 5.57. The molecule has 2 N–H and O–H groups in total. The molecule has 3 rings (SSSR count). The maximum absolute atomic E-state index is 12.5. The zero-order valence-electron chi connectivity index (χ0n) is 13.7. The summed E-state index contributed by atoms with van der Waals surface area (Å²) in [6.45, 7) is 3.58. The van der Waals surface area contributed by atoms with Crippen LogP contribution in [-0.4, -0.2) is 25.0 Å². The molecule has 0 radical (unpaired) electrons. The fourth-order valence-electron chi connectivity index (χ4n) is 2.48. The minimum absolute atomic E-state index is 0.216. The molecule has 6 nitrogen and oxygen atoms in total. The molecule has 0 saturated carbocycles. The highest BCUT2D eigenvalue weighted by atomic mass is 16.5. The van der Waals surface area contributed by atoms with Gasteiger partial charge < -0.3 is 20.1 Å². The molecule has 2 aromatic rings. The van der Waals surface area contributed by atoms with Gasteiger partial charge in [0.15, 0.2) is 6.10 Å². The van der Waals surface area contributed by atoms with Crippen LogP contribution < -0.4 is 20.1 Å². The van der Waals surface area contributed by atoms with Crippen LogP contribution >= 0.6 is 0 Å². The van der Waals surface area contributed by atoms with E-state index < -0.39 is 6.10 Å². The summed E-state index contributed by atoms with van der Waals surface area (Å²) < 4.78 is 10.7. The fraction of sp³-hybridized carbons (Fsp3) is 0.222. The van der Waals surface area contributed by atoms with Crippen molar-refractivity contribution in [2.24, 2.45) is 0 Å². The van der Waals surface area contributed by atoms with Crippen molar-refractivity contribution in [2.75, 3.05) is 17.7 Å². The summed E-state index contributed by atoms with van der Waals surface area (Å²) in [4.78, 5) is 24.2. The van der Waals surface area contributed by atoms with Crippen LogP contribution in [0.15, 0.2) is 36.4 Å². The number of anilines is 2. The molecule has 0 unspecified atom stereocenters. The van der Waals surface area contributed by atoms with Gasteiger partial charge in [0.2, 0.25) is 0 Å². The van der Waals surface area contributed by atoms with Crippen molar-refractivity contribution in [3.8, 4) is 11.5 Å². The van der Waals surface area contributed by atoms with Crippen LogP contribution in [0.4, 0.5) is 11.4 Å². The molecule has 6 heteroatoms. The van der Waals surface area contributed by atoms with Gasteiger partial charge in [-0.1, -0.05) is 11.6 Å². The van der Waals surface area contributed by atoms with Crippen molar-refractivity contribution in [2.45, 2.75) is 20.0 Å². The lowest BCUT2D eigenvalue weighted by atomic mass is 10.1. The topological polar surface area (TPSA) is 76.7 Å². The quantitative estimate of drug-likeness (QED) is 0.909. The van der Waals surface area contributed by atoms with Gasteiger partial charge in [0, 0.05) is 5.69 Å². The molecule has 1 atom stereocenters. The third kappa shape index (κ3) is 3.03. The largest absolute Gasteiger partial charge is 0.496 e. The van der Waals surface area contributed by atoms with Gasteiger partial charge >= 0.3 is 0 Å². The van der Waals surface area contributed by atoms with Gasteiger partial charge in [0.05, 0.1) is 18.4 Å². The van der Waals surface area contributed by atoms with E-state index in [4.69, 9.17) is 9.47 Å². The van der Waals surface area contributed by atoms with Gasteiger partial charge in [-0.25, -0.2) is 0 Å². The number of hydrogen-bond donors (Lipinski definition) is 2. The second-order valence-corrected chi connectivity index (χ2v) is 5.62. The molecule has 0 aliphatic carbocycles. The molecule has 1 aliphatic rings.